The first-order chi connectivity index (χ1) is 12.1. The summed E-state index contributed by atoms with van der Waals surface area (Å²) in [6.45, 7) is 5.35. The van der Waals surface area contributed by atoms with E-state index in [1.165, 1.54) is 6.42 Å². The lowest BCUT2D eigenvalue weighted by Gasteiger charge is -2.28. The van der Waals surface area contributed by atoms with Crippen molar-refractivity contribution in [2.24, 2.45) is 5.92 Å². The fraction of sp³-hybridized carbons (Fsp3) is 0.526. The Morgan fingerprint density at radius 1 is 1.12 bits per heavy atom. The Bertz CT molecular complexity index is 692. The van der Waals surface area contributed by atoms with Gasteiger partial charge in [0.25, 0.3) is 0 Å². The lowest BCUT2D eigenvalue weighted by molar-refractivity contribution is 0.0763. The molecule has 0 aliphatic heterocycles. The van der Waals surface area contributed by atoms with E-state index in [-0.39, 0.29) is 6.10 Å². The average molecular weight is 341 g/mol. The monoisotopic (exact) mass is 341 g/mol. The zero-order valence-corrected chi connectivity index (χ0v) is 15.0. The van der Waals surface area contributed by atoms with E-state index in [0.717, 1.165) is 48.6 Å². The van der Waals surface area contributed by atoms with E-state index in [1.54, 1.807) is 6.20 Å². The molecular weight excluding hydrogens is 314 g/mol. The predicted octanol–water partition coefficient (Wildman–Crippen LogP) is 3.06. The first-order valence-corrected chi connectivity index (χ1v) is 9.04. The van der Waals surface area contributed by atoms with Gasteiger partial charge in [0.15, 0.2) is 0 Å². The molecule has 3 rings (SSSR count). The van der Waals surface area contributed by atoms with Gasteiger partial charge in [0.05, 0.1) is 18.3 Å². The summed E-state index contributed by atoms with van der Waals surface area (Å²) in [5.41, 5.74) is 2.95. The van der Waals surface area contributed by atoms with Crippen molar-refractivity contribution in [3.8, 4) is 0 Å². The van der Waals surface area contributed by atoms with Crippen molar-refractivity contribution in [1.82, 2.24) is 15.0 Å². The third kappa shape index (κ3) is 4.66. The van der Waals surface area contributed by atoms with Crippen LogP contribution in [0.25, 0.3) is 0 Å². The molecule has 0 aromatic carbocycles. The van der Waals surface area contributed by atoms with Gasteiger partial charge in [-0.1, -0.05) is 18.9 Å². The van der Waals surface area contributed by atoms with E-state index >= 15 is 0 Å². The molecule has 1 fully saturated rings. The Kier molecular flexibility index (Phi) is 5.81. The van der Waals surface area contributed by atoms with Gasteiger partial charge in [-0.2, -0.15) is 4.98 Å². The fourth-order valence-electron chi connectivity index (χ4n) is 3.21. The summed E-state index contributed by atoms with van der Waals surface area (Å²) in [5.74, 6) is 1.74. The number of aliphatic hydroxyl groups is 1. The number of aryl methyl sites for hydroxylation is 1. The first kappa shape index (κ1) is 17.6. The van der Waals surface area contributed by atoms with Gasteiger partial charge in [-0.3, -0.25) is 4.98 Å². The minimum atomic E-state index is -0.203. The summed E-state index contributed by atoms with van der Waals surface area (Å²) in [6.07, 6.45) is 5.88. The summed E-state index contributed by atoms with van der Waals surface area (Å²) in [6, 6.07) is 5.84. The second-order valence-corrected chi connectivity index (χ2v) is 6.77. The number of nitrogens with one attached hydrogen (secondary N) is 2. The Balaban J connectivity index is 1.65. The van der Waals surface area contributed by atoms with Crippen molar-refractivity contribution in [1.29, 1.82) is 0 Å². The lowest BCUT2D eigenvalue weighted by atomic mass is 9.86. The van der Waals surface area contributed by atoms with Gasteiger partial charge in [0, 0.05) is 29.9 Å². The zero-order valence-electron chi connectivity index (χ0n) is 15.0. The van der Waals surface area contributed by atoms with Crippen LogP contribution in [0.1, 0.15) is 42.6 Å². The Morgan fingerprint density at radius 2 is 1.96 bits per heavy atom. The molecule has 0 radical (unpaired) electrons. The fourth-order valence-corrected chi connectivity index (χ4v) is 3.21. The molecular formula is C19H27N5O. The predicted molar refractivity (Wildman–Crippen MR) is 99.5 cm³/mol. The van der Waals surface area contributed by atoms with Crippen LogP contribution in [0.4, 0.5) is 11.8 Å². The molecule has 0 bridgehead atoms. The topological polar surface area (TPSA) is 83.0 Å². The van der Waals surface area contributed by atoms with Gasteiger partial charge in [-0.15, -0.1) is 0 Å². The van der Waals surface area contributed by atoms with Gasteiger partial charge >= 0.3 is 0 Å². The summed E-state index contributed by atoms with van der Waals surface area (Å²) in [5, 5.41) is 16.8. The molecule has 2 unspecified atom stereocenters. The van der Waals surface area contributed by atoms with Gasteiger partial charge in [0.1, 0.15) is 5.82 Å². The van der Waals surface area contributed by atoms with Crippen LogP contribution in [-0.2, 0) is 6.54 Å². The zero-order chi connectivity index (χ0) is 17.6. The van der Waals surface area contributed by atoms with Crippen molar-refractivity contribution in [2.75, 3.05) is 17.2 Å². The number of pyridine rings is 1. The minimum Gasteiger partial charge on any atom is -0.393 e. The van der Waals surface area contributed by atoms with Gasteiger partial charge in [-0.05, 0) is 38.8 Å². The maximum atomic E-state index is 10.1. The van der Waals surface area contributed by atoms with Crippen LogP contribution in [0.5, 0.6) is 0 Å². The number of rotatable bonds is 6. The summed E-state index contributed by atoms with van der Waals surface area (Å²) >= 11 is 0. The molecule has 1 aliphatic carbocycles. The SMILES string of the molecule is Cc1nc(NCc2ccccn2)nc(NCC2CCCCC2O)c1C. The maximum absolute atomic E-state index is 10.1. The average Bonchev–Trinajstić information content (AvgIpc) is 2.63. The number of nitrogens with zero attached hydrogens (tertiary/aromatic N) is 3. The molecule has 3 N–H and O–H groups in total. The highest BCUT2D eigenvalue weighted by molar-refractivity contribution is 5.49. The Hall–Kier alpha value is -2.21. The molecule has 6 nitrogen and oxygen atoms in total. The van der Waals surface area contributed by atoms with E-state index in [2.05, 4.69) is 25.6 Å². The largest absolute Gasteiger partial charge is 0.393 e. The van der Waals surface area contributed by atoms with Gasteiger partial charge < -0.3 is 15.7 Å². The van der Waals surface area contributed by atoms with Gasteiger partial charge in [-0.25, -0.2) is 4.98 Å². The van der Waals surface area contributed by atoms with E-state index in [1.807, 2.05) is 32.0 Å². The Morgan fingerprint density at radius 3 is 2.72 bits per heavy atom. The standard InChI is InChI=1S/C19H27N5O/c1-13-14(2)23-19(22-12-16-8-5-6-10-20-16)24-18(13)21-11-15-7-3-4-9-17(15)25/h5-6,8,10,15,17,25H,3-4,7,9,11-12H2,1-2H3,(H2,21,22,23,24). The van der Waals surface area contributed by atoms with Crippen LogP contribution in [0.2, 0.25) is 0 Å². The number of aliphatic hydroxyl groups excluding tert-OH is 1. The van der Waals surface area contributed by atoms with E-state index in [9.17, 15) is 5.11 Å². The molecule has 6 heteroatoms. The molecule has 1 aliphatic rings. The highest BCUT2D eigenvalue weighted by Crippen LogP contribution is 2.25. The molecule has 1 saturated carbocycles. The molecule has 25 heavy (non-hydrogen) atoms. The minimum absolute atomic E-state index is 0.203. The Labute approximate surface area is 149 Å². The van der Waals surface area contributed by atoms with Gasteiger partial charge in [0.2, 0.25) is 5.95 Å². The van der Waals surface area contributed by atoms with Crippen LogP contribution in [0, 0.1) is 19.8 Å². The molecule has 2 heterocycles. The summed E-state index contributed by atoms with van der Waals surface area (Å²) in [7, 11) is 0. The molecule has 0 amide bonds. The third-order valence-corrected chi connectivity index (χ3v) is 4.94. The number of anilines is 2. The van der Waals surface area contributed by atoms with Crippen molar-refractivity contribution < 1.29 is 5.11 Å². The second kappa shape index (κ2) is 8.25. The molecule has 134 valence electrons. The van der Waals surface area contributed by atoms with E-state index in [4.69, 9.17) is 0 Å². The molecule has 2 aromatic rings. The van der Waals surface area contributed by atoms with Crippen LogP contribution in [0.3, 0.4) is 0 Å². The van der Waals surface area contributed by atoms with Crippen molar-refractivity contribution in [3.05, 3.63) is 41.3 Å². The quantitative estimate of drug-likeness (QED) is 0.749. The van der Waals surface area contributed by atoms with Crippen molar-refractivity contribution in [3.63, 3.8) is 0 Å². The summed E-state index contributed by atoms with van der Waals surface area (Å²) < 4.78 is 0. The van der Waals surface area contributed by atoms with Crippen LogP contribution >= 0.6 is 0 Å². The smallest absolute Gasteiger partial charge is 0.225 e. The molecule has 0 spiro atoms. The van der Waals surface area contributed by atoms with E-state index in [0.29, 0.717) is 18.4 Å². The van der Waals surface area contributed by atoms with Crippen LogP contribution in [-0.4, -0.2) is 32.7 Å². The van der Waals surface area contributed by atoms with E-state index < -0.39 is 0 Å². The van der Waals surface area contributed by atoms with Crippen LogP contribution in [0.15, 0.2) is 24.4 Å². The highest BCUT2D eigenvalue weighted by Gasteiger charge is 2.23. The summed E-state index contributed by atoms with van der Waals surface area (Å²) in [4.78, 5) is 13.4. The molecule has 2 aromatic heterocycles. The highest BCUT2D eigenvalue weighted by atomic mass is 16.3. The number of aromatic nitrogens is 3. The third-order valence-electron chi connectivity index (χ3n) is 4.94. The molecule has 2 atom stereocenters. The number of hydrogen-bond donors (Lipinski definition) is 3. The normalized spacial score (nSPS) is 20.3. The van der Waals surface area contributed by atoms with Crippen molar-refractivity contribution >= 4 is 11.8 Å². The second-order valence-electron chi connectivity index (χ2n) is 6.77. The van der Waals surface area contributed by atoms with Crippen molar-refractivity contribution in [2.45, 2.75) is 52.2 Å². The van der Waals surface area contributed by atoms with Crippen LogP contribution < -0.4 is 10.6 Å². The lowest BCUT2D eigenvalue weighted by Crippen LogP contribution is -2.30. The molecule has 0 saturated heterocycles. The first-order valence-electron chi connectivity index (χ1n) is 9.04. The maximum Gasteiger partial charge on any atom is 0.225 e. The number of hydrogen-bond acceptors (Lipinski definition) is 6.